The van der Waals surface area contributed by atoms with Gasteiger partial charge in [0.1, 0.15) is 0 Å². The summed E-state index contributed by atoms with van der Waals surface area (Å²) in [5, 5.41) is 0. The van der Waals surface area contributed by atoms with Gasteiger partial charge in [-0.1, -0.05) is 0 Å². The Kier molecular flexibility index (Phi) is 5.40. The van der Waals surface area contributed by atoms with Crippen LogP contribution >= 0.6 is 0 Å². The molecule has 0 aromatic carbocycles. The maximum Gasteiger partial charge on any atom is 0.0700 e. The van der Waals surface area contributed by atoms with Gasteiger partial charge in [0.15, 0.2) is 0 Å². The zero-order valence-corrected chi connectivity index (χ0v) is 8.96. The van der Waals surface area contributed by atoms with E-state index < -0.39 is 0 Å². The van der Waals surface area contributed by atoms with Crippen LogP contribution in [-0.2, 0) is 14.2 Å². The molecule has 0 amide bonds. The molecule has 14 heavy (non-hydrogen) atoms. The fourth-order valence-corrected chi connectivity index (χ4v) is 1.64. The normalized spacial score (nSPS) is 27.0. The van der Waals surface area contributed by atoms with Crippen LogP contribution in [0.25, 0.3) is 0 Å². The minimum absolute atomic E-state index is 0.174. The van der Waals surface area contributed by atoms with E-state index in [1.165, 1.54) is 0 Å². The molecule has 1 atom stereocenters. The number of ether oxygens (including phenoxy) is 3. The number of methoxy groups -OCH3 is 1. The Bertz CT molecular complexity index is 146. The summed E-state index contributed by atoms with van der Waals surface area (Å²) in [6.45, 7) is 4.40. The van der Waals surface area contributed by atoms with Gasteiger partial charge in [0, 0.05) is 32.3 Å². The van der Waals surface area contributed by atoms with Crippen LogP contribution in [0.15, 0.2) is 0 Å². The summed E-state index contributed by atoms with van der Waals surface area (Å²) in [6.07, 6.45) is 2.06. The summed E-state index contributed by atoms with van der Waals surface area (Å²) in [5.41, 5.74) is 5.92. The molecule has 0 aliphatic carbocycles. The lowest BCUT2D eigenvalue weighted by molar-refractivity contribution is 0.0485. The average molecular weight is 203 g/mol. The molecule has 1 aliphatic heterocycles. The highest BCUT2D eigenvalue weighted by molar-refractivity contribution is 4.83. The van der Waals surface area contributed by atoms with Gasteiger partial charge in [0.25, 0.3) is 0 Å². The summed E-state index contributed by atoms with van der Waals surface area (Å²) >= 11 is 0. The van der Waals surface area contributed by atoms with E-state index >= 15 is 0 Å². The highest BCUT2D eigenvalue weighted by atomic mass is 16.5. The first-order valence-corrected chi connectivity index (χ1v) is 5.17. The Labute approximate surface area is 85.7 Å². The predicted molar refractivity (Wildman–Crippen MR) is 54.2 cm³/mol. The van der Waals surface area contributed by atoms with Gasteiger partial charge in [-0.25, -0.2) is 0 Å². The summed E-state index contributed by atoms with van der Waals surface area (Å²) in [7, 11) is 1.68. The maximum atomic E-state index is 5.75. The van der Waals surface area contributed by atoms with Crippen molar-refractivity contribution < 1.29 is 14.2 Å². The molecule has 1 aliphatic rings. The summed E-state index contributed by atoms with van der Waals surface area (Å²) in [6, 6.07) is 0. The van der Waals surface area contributed by atoms with Gasteiger partial charge >= 0.3 is 0 Å². The molecular formula is C10H21NO3. The first-order chi connectivity index (χ1) is 6.83. The fourth-order valence-electron chi connectivity index (χ4n) is 1.64. The van der Waals surface area contributed by atoms with Gasteiger partial charge in [-0.3, -0.25) is 0 Å². The van der Waals surface area contributed by atoms with Crippen molar-refractivity contribution in [3.8, 4) is 0 Å². The van der Waals surface area contributed by atoms with Crippen molar-refractivity contribution in [2.24, 2.45) is 11.1 Å². The molecule has 4 nitrogen and oxygen atoms in total. The molecular weight excluding hydrogens is 182 g/mol. The molecule has 1 rings (SSSR count). The Morgan fingerprint density at radius 2 is 2.21 bits per heavy atom. The summed E-state index contributed by atoms with van der Waals surface area (Å²) in [5.74, 6) is 0. The van der Waals surface area contributed by atoms with Gasteiger partial charge in [-0.05, 0) is 12.8 Å². The minimum Gasteiger partial charge on any atom is -0.382 e. The molecule has 1 unspecified atom stereocenters. The molecule has 1 fully saturated rings. The lowest BCUT2D eigenvalue weighted by Crippen LogP contribution is -2.32. The van der Waals surface area contributed by atoms with Gasteiger partial charge < -0.3 is 19.9 Å². The molecule has 0 aromatic heterocycles. The largest absolute Gasteiger partial charge is 0.382 e. The molecule has 0 spiro atoms. The van der Waals surface area contributed by atoms with E-state index in [4.69, 9.17) is 19.9 Å². The Morgan fingerprint density at radius 1 is 1.36 bits per heavy atom. The lowest BCUT2D eigenvalue weighted by Gasteiger charge is -2.24. The molecule has 0 radical (unpaired) electrons. The van der Waals surface area contributed by atoms with Crippen molar-refractivity contribution in [1.82, 2.24) is 0 Å². The number of nitrogens with two attached hydrogens (primary N) is 1. The SMILES string of the molecule is COCCOCCC1(CN)CCOC1. The molecule has 4 heteroatoms. The van der Waals surface area contributed by atoms with Gasteiger partial charge in [0.2, 0.25) is 0 Å². The predicted octanol–water partition coefficient (Wildman–Crippen LogP) is 0.405. The minimum atomic E-state index is 0.174. The van der Waals surface area contributed by atoms with Crippen LogP contribution in [-0.4, -0.2) is 46.7 Å². The smallest absolute Gasteiger partial charge is 0.0700 e. The van der Waals surface area contributed by atoms with Crippen LogP contribution in [0, 0.1) is 5.41 Å². The van der Waals surface area contributed by atoms with Crippen LogP contribution in [0.4, 0.5) is 0 Å². The monoisotopic (exact) mass is 203 g/mol. The third-order valence-electron chi connectivity index (χ3n) is 2.83. The Morgan fingerprint density at radius 3 is 2.79 bits per heavy atom. The Hall–Kier alpha value is -0.160. The lowest BCUT2D eigenvalue weighted by atomic mass is 9.84. The third-order valence-corrected chi connectivity index (χ3v) is 2.83. The van der Waals surface area contributed by atoms with Crippen LogP contribution in [0.2, 0.25) is 0 Å². The van der Waals surface area contributed by atoms with Gasteiger partial charge in [0.05, 0.1) is 19.8 Å². The van der Waals surface area contributed by atoms with Crippen LogP contribution < -0.4 is 5.73 Å². The second kappa shape index (κ2) is 6.35. The standard InChI is InChI=1S/C10H21NO3/c1-12-6-7-13-4-2-10(8-11)3-5-14-9-10/h2-9,11H2,1H3. The van der Waals surface area contributed by atoms with E-state index in [0.29, 0.717) is 19.8 Å². The van der Waals surface area contributed by atoms with Crippen molar-refractivity contribution in [2.45, 2.75) is 12.8 Å². The second-order valence-corrected chi connectivity index (χ2v) is 3.86. The molecule has 2 N–H and O–H groups in total. The van der Waals surface area contributed by atoms with Crippen molar-refractivity contribution >= 4 is 0 Å². The van der Waals surface area contributed by atoms with E-state index in [0.717, 1.165) is 32.7 Å². The van der Waals surface area contributed by atoms with Gasteiger partial charge in [-0.15, -0.1) is 0 Å². The van der Waals surface area contributed by atoms with Crippen LogP contribution in [0.5, 0.6) is 0 Å². The summed E-state index contributed by atoms with van der Waals surface area (Å²) in [4.78, 5) is 0. The highest BCUT2D eigenvalue weighted by Gasteiger charge is 2.32. The van der Waals surface area contributed by atoms with Gasteiger partial charge in [-0.2, -0.15) is 0 Å². The zero-order valence-electron chi connectivity index (χ0n) is 8.96. The van der Waals surface area contributed by atoms with E-state index in [9.17, 15) is 0 Å². The fraction of sp³-hybridized carbons (Fsp3) is 1.00. The molecule has 0 aromatic rings. The van der Waals surface area contributed by atoms with Crippen molar-refractivity contribution in [1.29, 1.82) is 0 Å². The third kappa shape index (κ3) is 3.53. The molecule has 84 valence electrons. The number of hydrogen-bond donors (Lipinski definition) is 1. The first-order valence-electron chi connectivity index (χ1n) is 5.17. The maximum absolute atomic E-state index is 5.75. The topological polar surface area (TPSA) is 53.7 Å². The first kappa shape index (κ1) is 11.9. The quantitative estimate of drug-likeness (QED) is 0.609. The van der Waals surface area contributed by atoms with Crippen LogP contribution in [0.1, 0.15) is 12.8 Å². The zero-order chi connectivity index (χ0) is 10.3. The van der Waals surface area contributed by atoms with E-state index in [-0.39, 0.29) is 5.41 Å². The molecule has 1 saturated heterocycles. The number of hydrogen-bond acceptors (Lipinski definition) is 4. The van der Waals surface area contributed by atoms with E-state index in [1.807, 2.05) is 0 Å². The Balaban J connectivity index is 2.08. The molecule has 0 saturated carbocycles. The molecule has 1 heterocycles. The van der Waals surface area contributed by atoms with Crippen LogP contribution in [0.3, 0.4) is 0 Å². The number of rotatable bonds is 7. The average Bonchev–Trinajstić information content (AvgIpc) is 2.67. The highest BCUT2D eigenvalue weighted by Crippen LogP contribution is 2.30. The second-order valence-electron chi connectivity index (χ2n) is 3.86. The summed E-state index contributed by atoms with van der Waals surface area (Å²) < 4.78 is 15.7. The van der Waals surface area contributed by atoms with Crippen molar-refractivity contribution in [3.05, 3.63) is 0 Å². The van der Waals surface area contributed by atoms with E-state index in [2.05, 4.69) is 0 Å². The van der Waals surface area contributed by atoms with E-state index in [1.54, 1.807) is 7.11 Å². The van der Waals surface area contributed by atoms with Crippen molar-refractivity contribution in [2.75, 3.05) is 46.7 Å². The van der Waals surface area contributed by atoms with Crippen molar-refractivity contribution in [3.63, 3.8) is 0 Å². The molecule has 0 bridgehead atoms.